The average molecular weight is 523 g/mol. The molecule has 0 heterocycles. The maximum atomic E-state index is 10.9. The van der Waals surface area contributed by atoms with Gasteiger partial charge in [0.05, 0.1) is 6.61 Å². The van der Waals surface area contributed by atoms with E-state index in [2.05, 4.69) is 29.2 Å². The number of esters is 1. The van der Waals surface area contributed by atoms with Gasteiger partial charge in [-0.15, -0.1) is 0 Å². The molecule has 28 heavy (non-hydrogen) atoms. The Labute approximate surface area is 192 Å². The zero-order valence-corrected chi connectivity index (χ0v) is 22.1. The van der Waals surface area contributed by atoms with Crippen LogP contribution in [0.4, 0.5) is 0 Å². The number of carbonyl (C=O) groups is 1. The molecule has 0 aromatic heterocycles. The Balaban J connectivity index is 3.01. The van der Waals surface area contributed by atoms with E-state index in [0.29, 0.717) is 16.1 Å². The lowest BCUT2D eigenvalue weighted by atomic mass is 10.0. The lowest BCUT2D eigenvalue weighted by Gasteiger charge is -2.04. The number of alkyl halides is 1. The number of hydrogen-bond donors (Lipinski definition) is 0. The average Bonchev–Trinajstić information content (AvgIpc) is 2.71. The van der Waals surface area contributed by atoms with Crippen LogP contribution in [0.25, 0.3) is 0 Å². The van der Waals surface area contributed by atoms with Crippen LogP contribution in [-0.2, 0) is 9.53 Å². The Bertz CT molecular complexity index is 337. The SMILES string of the molecule is C=CC(=O)OCCCCCCCCCCCCCCCCCCCC[SiH2]CI. The summed E-state index contributed by atoms with van der Waals surface area (Å²) in [6, 6.07) is 1.58. The summed E-state index contributed by atoms with van der Waals surface area (Å²) in [5.74, 6) is -0.297. The minimum Gasteiger partial charge on any atom is -0.463 e. The van der Waals surface area contributed by atoms with E-state index < -0.39 is 0 Å². The first-order valence-electron chi connectivity index (χ1n) is 12.2. The Kier molecular flexibility index (Phi) is 25.3. The maximum Gasteiger partial charge on any atom is 0.330 e. The molecule has 0 N–H and O–H groups in total. The molecule has 0 radical (unpaired) electrons. The van der Waals surface area contributed by atoms with E-state index in [1.165, 1.54) is 119 Å². The largest absolute Gasteiger partial charge is 0.463 e. The summed E-state index contributed by atoms with van der Waals surface area (Å²) in [6.45, 7) is 3.94. The molecule has 0 fully saturated rings. The molecule has 0 atom stereocenters. The number of carbonyl (C=O) groups excluding carboxylic acids is 1. The molecule has 0 aliphatic carbocycles. The highest BCUT2D eigenvalue weighted by Gasteiger charge is 1.97. The van der Waals surface area contributed by atoms with Crippen molar-refractivity contribution in [2.45, 2.75) is 122 Å². The van der Waals surface area contributed by atoms with Gasteiger partial charge >= 0.3 is 5.97 Å². The van der Waals surface area contributed by atoms with Crippen LogP contribution in [0.15, 0.2) is 12.7 Å². The van der Waals surface area contributed by atoms with Crippen LogP contribution in [-0.4, -0.2) is 26.1 Å². The number of unbranched alkanes of at least 4 members (excludes halogenated alkanes) is 17. The summed E-state index contributed by atoms with van der Waals surface area (Å²) in [7, 11) is 0.320. The van der Waals surface area contributed by atoms with Crippen molar-refractivity contribution in [1.29, 1.82) is 0 Å². The highest BCUT2D eigenvalue weighted by atomic mass is 127. The van der Waals surface area contributed by atoms with Crippen LogP contribution in [0, 0.1) is 0 Å². The molecule has 0 saturated heterocycles. The van der Waals surface area contributed by atoms with Crippen LogP contribution in [0.5, 0.6) is 0 Å². The highest BCUT2D eigenvalue weighted by Crippen LogP contribution is 2.14. The minimum atomic E-state index is -0.297. The molecule has 0 aliphatic heterocycles. The van der Waals surface area contributed by atoms with Gasteiger partial charge in [0.1, 0.15) is 0 Å². The van der Waals surface area contributed by atoms with E-state index in [1.54, 1.807) is 6.04 Å². The van der Waals surface area contributed by atoms with Crippen LogP contribution >= 0.6 is 22.6 Å². The normalized spacial score (nSPS) is 11.3. The fourth-order valence-electron chi connectivity index (χ4n) is 3.61. The quantitative estimate of drug-likeness (QED) is 0.0343. The first kappa shape index (κ1) is 28.2. The highest BCUT2D eigenvalue weighted by molar-refractivity contribution is 14.1. The summed E-state index contributed by atoms with van der Waals surface area (Å²) < 4.78 is 6.44. The maximum absolute atomic E-state index is 10.9. The number of halogens is 1. The summed E-state index contributed by atoms with van der Waals surface area (Å²) >= 11 is 2.55. The first-order chi connectivity index (χ1) is 13.8. The van der Waals surface area contributed by atoms with Crippen LogP contribution in [0.3, 0.4) is 0 Å². The van der Waals surface area contributed by atoms with Crippen molar-refractivity contribution in [2.75, 3.05) is 10.7 Å². The standard InChI is InChI=1S/C24H47IO2Si/c1-2-24(26)27-21-19-17-15-13-11-9-7-5-3-4-6-8-10-12-14-16-18-20-22-28-23-25/h2H,1,3-23,28H2. The Morgan fingerprint density at radius 2 is 1.04 bits per heavy atom. The predicted octanol–water partition coefficient (Wildman–Crippen LogP) is 7.72. The van der Waals surface area contributed by atoms with Gasteiger partial charge in [0.15, 0.2) is 0 Å². The zero-order chi connectivity index (χ0) is 20.5. The van der Waals surface area contributed by atoms with Gasteiger partial charge in [-0.05, 0) is 10.5 Å². The lowest BCUT2D eigenvalue weighted by Crippen LogP contribution is -2.01. The topological polar surface area (TPSA) is 26.3 Å². The van der Waals surface area contributed by atoms with Gasteiger partial charge in [0.2, 0.25) is 0 Å². The number of hydrogen-bond acceptors (Lipinski definition) is 2. The molecule has 0 spiro atoms. The molecule has 166 valence electrons. The van der Waals surface area contributed by atoms with Crippen LogP contribution in [0.2, 0.25) is 6.04 Å². The molecule has 0 aliphatic rings. The predicted molar refractivity (Wildman–Crippen MR) is 137 cm³/mol. The summed E-state index contributed by atoms with van der Waals surface area (Å²) in [5.41, 5.74) is 0. The summed E-state index contributed by atoms with van der Waals surface area (Å²) in [5, 5.41) is 0. The van der Waals surface area contributed by atoms with Crippen molar-refractivity contribution in [3.63, 3.8) is 0 Å². The van der Waals surface area contributed by atoms with Crippen molar-refractivity contribution in [1.82, 2.24) is 0 Å². The van der Waals surface area contributed by atoms with Crippen molar-refractivity contribution in [3.05, 3.63) is 12.7 Å². The van der Waals surface area contributed by atoms with Crippen molar-refractivity contribution >= 4 is 38.1 Å². The minimum absolute atomic E-state index is 0.297. The first-order valence-corrected chi connectivity index (χ1v) is 15.7. The molecule has 0 amide bonds. The van der Waals surface area contributed by atoms with E-state index in [1.807, 2.05) is 0 Å². The van der Waals surface area contributed by atoms with E-state index in [4.69, 9.17) is 4.74 Å². The molecule has 0 unspecified atom stereocenters. The van der Waals surface area contributed by atoms with Crippen molar-refractivity contribution in [2.24, 2.45) is 0 Å². The second-order valence-electron chi connectivity index (χ2n) is 8.13. The molecular formula is C24H47IO2Si. The van der Waals surface area contributed by atoms with Crippen LogP contribution < -0.4 is 0 Å². The number of rotatable bonds is 23. The second-order valence-corrected chi connectivity index (χ2v) is 13.2. The Hall–Kier alpha value is 0.157. The van der Waals surface area contributed by atoms with E-state index in [-0.39, 0.29) is 5.97 Å². The van der Waals surface area contributed by atoms with Gasteiger partial charge in [0, 0.05) is 15.6 Å². The smallest absolute Gasteiger partial charge is 0.330 e. The number of ether oxygens (including phenoxy) is 1. The molecular weight excluding hydrogens is 475 g/mol. The third-order valence-electron chi connectivity index (χ3n) is 5.44. The fraction of sp³-hybridized carbons (Fsp3) is 0.875. The van der Waals surface area contributed by atoms with Gasteiger partial charge in [-0.3, -0.25) is 0 Å². The molecule has 0 saturated carbocycles. The molecule has 2 nitrogen and oxygen atoms in total. The van der Waals surface area contributed by atoms with Gasteiger partial charge < -0.3 is 4.74 Å². The summed E-state index contributed by atoms with van der Waals surface area (Å²) in [6.07, 6.45) is 26.3. The van der Waals surface area contributed by atoms with Gasteiger partial charge in [-0.1, -0.05) is 144 Å². The van der Waals surface area contributed by atoms with Gasteiger partial charge in [-0.25, -0.2) is 4.79 Å². The van der Waals surface area contributed by atoms with Crippen LogP contribution in [0.1, 0.15) is 116 Å². The van der Waals surface area contributed by atoms with Crippen molar-refractivity contribution in [3.8, 4) is 0 Å². The third kappa shape index (κ3) is 24.2. The molecule has 0 aromatic carbocycles. The lowest BCUT2D eigenvalue weighted by molar-refractivity contribution is -0.137. The molecule has 0 rings (SSSR count). The Morgan fingerprint density at radius 1 is 0.679 bits per heavy atom. The van der Waals surface area contributed by atoms with Gasteiger partial charge in [-0.2, -0.15) is 0 Å². The Morgan fingerprint density at radius 3 is 1.39 bits per heavy atom. The van der Waals surface area contributed by atoms with Gasteiger partial charge in [0.25, 0.3) is 0 Å². The van der Waals surface area contributed by atoms with Crippen molar-refractivity contribution < 1.29 is 9.53 Å². The molecule has 0 bridgehead atoms. The molecule has 4 heteroatoms. The monoisotopic (exact) mass is 522 g/mol. The zero-order valence-electron chi connectivity index (χ0n) is 18.5. The second kappa shape index (κ2) is 25.2. The van der Waals surface area contributed by atoms with E-state index in [9.17, 15) is 4.79 Å². The fourth-order valence-corrected chi connectivity index (χ4v) is 6.12. The van der Waals surface area contributed by atoms with E-state index in [0.717, 1.165) is 6.42 Å². The molecule has 0 aromatic rings. The summed E-state index contributed by atoms with van der Waals surface area (Å²) in [4.78, 5) is 10.9. The third-order valence-corrected chi connectivity index (χ3v) is 8.99. The van der Waals surface area contributed by atoms with E-state index >= 15 is 0 Å².